The number of carbonyl (C=O) groups is 1. The Bertz CT molecular complexity index is 1100. The number of hydrogen-bond acceptors (Lipinski definition) is 6. The zero-order chi connectivity index (χ0) is 18.8. The molecule has 2 aromatic carbocycles. The Kier molecular flexibility index (Phi) is 4.47. The van der Waals surface area contributed by atoms with Crippen LogP contribution in [0.1, 0.15) is 21.9 Å². The maximum absolute atomic E-state index is 12.6. The van der Waals surface area contributed by atoms with Crippen molar-refractivity contribution < 1.29 is 4.79 Å². The second-order valence-electron chi connectivity index (χ2n) is 6.05. The zero-order valence-electron chi connectivity index (χ0n) is 14.7. The molecule has 8 heteroatoms. The van der Waals surface area contributed by atoms with Gasteiger partial charge in [0.1, 0.15) is 10.7 Å². The van der Waals surface area contributed by atoms with E-state index in [1.807, 2.05) is 62.4 Å². The van der Waals surface area contributed by atoms with Gasteiger partial charge in [-0.1, -0.05) is 35.9 Å². The van der Waals surface area contributed by atoms with Crippen LogP contribution in [0.25, 0.3) is 16.3 Å². The SMILES string of the molecule is Cc1ccc(-c2nc(C(=O)Nc3cccc(-n4nnnc4C)c3)cs2)cc1. The second kappa shape index (κ2) is 7.08. The number of carbonyl (C=O) groups excluding carboxylic acids is 1. The van der Waals surface area contributed by atoms with Gasteiger partial charge in [-0.2, -0.15) is 4.68 Å². The molecule has 134 valence electrons. The smallest absolute Gasteiger partial charge is 0.275 e. The van der Waals surface area contributed by atoms with Crippen molar-refractivity contribution in [3.63, 3.8) is 0 Å². The molecule has 0 spiro atoms. The Morgan fingerprint density at radius 3 is 2.67 bits per heavy atom. The molecule has 0 aliphatic rings. The van der Waals surface area contributed by atoms with Gasteiger partial charge in [0.25, 0.3) is 5.91 Å². The maximum atomic E-state index is 12.6. The van der Waals surface area contributed by atoms with Crippen LogP contribution in [0.5, 0.6) is 0 Å². The molecule has 4 aromatic rings. The average molecular weight is 376 g/mol. The molecule has 0 saturated carbocycles. The van der Waals surface area contributed by atoms with Crippen LogP contribution in [0.3, 0.4) is 0 Å². The Balaban J connectivity index is 1.53. The average Bonchev–Trinajstić information content (AvgIpc) is 3.32. The minimum atomic E-state index is -0.254. The Hall–Kier alpha value is -3.39. The van der Waals surface area contributed by atoms with Crippen molar-refractivity contribution in [2.45, 2.75) is 13.8 Å². The van der Waals surface area contributed by atoms with E-state index < -0.39 is 0 Å². The third kappa shape index (κ3) is 3.61. The molecule has 2 aromatic heterocycles. The molecule has 0 unspecified atom stereocenters. The van der Waals surface area contributed by atoms with E-state index >= 15 is 0 Å². The van der Waals surface area contributed by atoms with E-state index in [1.165, 1.54) is 16.9 Å². The van der Waals surface area contributed by atoms with E-state index in [0.29, 0.717) is 17.2 Å². The Labute approximate surface area is 159 Å². The molecule has 7 nitrogen and oxygen atoms in total. The summed E-state index contributed by atoms with van der Waals surface area (Å²) in [6.45, 7) is 3.85. The lowest BCUT2D eigenvalue weighted by Crippen LogP contribution is -2.12. The third-order valence-electron chi connectivity index (χ3n) is 4.01. The summed E-state index contributed by atoms with van der Waals surface area (Å²) in [5, 5.41) is 16.9. The van der Waals surface area contributed by atoms with E-state index in [4.69, 9.17) is 0 Å². The quantitative estimate of drug-likeness (QED) is 0.587. The van der Waals surface area contributed by atoms with Crippen LogP contribution in [0, 0.1) is 13.8 Å². The fourth-order valence-corrected chi connectivity index (χ4v) is 3.39. The molecule has 0 radical (unpaired) electrons. The number of tetrazole rings is 1. The summed E-state index contributed by atoms with van der Waals surface area (Å²) in [5.41, 5.74) is 4.00. The first-order valence-electron chi connectivity index (χ1n) is 8.29. The van der Waals surface area contributed by atoms with Gasteiger partial charge in [0.15, 0.2) is 5.82 Å². The van der Waals surface area contributed by atoms with Gasteiger partial charge < -0.3 is 5.32 Å². The highest BCUT2D eigenvalue weighted by Crippen LogP contribution is 2.24. The third-order valence-corrected chi connectivity index (χ3v) is 4.90. The zero-order valence-corrected chi connectivity index (χ0v) is 15.6. The van der Waals surface area contributed by atoms with Gasteiger partial charge in [-0.05, 0) is 42.5 Å². The fraction of sp³-hybridized carbons (Fsp3) is 0.105. The summed E-state index contributed by atoms with van der Waals surface area (Å²) in [6, 6.07) is 15.4. The van der Waals surface area contributed by atoms with Gasteiger partial charge in [0, 0.05) is 16.6 Å². The summed E-state index contributed by atoms with van der Waals surface area (Å²) in [7, 11) is 0. The molecule has 1 N–H and O–H groups in total. The van der Waals surface area contributed by atoms with Gasteiger partial charge in [-0.15, -0.1) is 16.4 Å². The van der Waals surface area contributed by atoms with Crippen molar-refractivity contribution in [3.05, 3.63) is 71.0 Å². The number of rotatable bonds is 4. The number of nitrogens with one attached hydrogen (secondary N) is 1. The monoisotopic (exact) mass is 376 g/mol. The van der Waals surface area contributed by atoms with Crippen LogP contribution >= 0.6 is 11.3 Å². The molecule has 2 heterocycles. The summed E-state index contributed by atoms with van der Waals surface area (Å²) in [4.78, 5) is 17.0. The predicted molar refractivity (Wildman–Crippen MR) is 104 cm³/mol. The number of nitrogens with zero attached hydrogens (tertiary/aromatic N) is 5. The molecule has 4 rings (SSSR count). The van der Waals surface area contributed by atoms with Crippen molar-refractivity contribution in [3.8, 4) is 16.3 Å². The number of benzene rings is 2. The highest BCUT2D eigenvalue weighted by atomic mass is 32.1. The molecule has 0 fully saturated rings. The lowest BCUT2D eigenvalue weighted by atomic mass is 10.2. The number of hydrogen-bond donors (Lipinski definition) is 1. The first-order valence-corrected chi connectivity index (χ1v) is 9.17. The van der Waals surface area contributed by atoms with Gasteiger partial charge >= 0.3 is 0 Å². The minimum Gasteiger partial charge on any atom is -0.321 e. The molecule has 0 bridgehead atoms. The Morgan fingerprint density at radius 2 is 1.93 bits per heavy atom. The Morgan fingerprint density at radius 1 is 1.11 bits per heavy atom. The molecular formula is C19H16N6OS. The summed E-state index contributed by atoms with van der Waals surface area (Å²) in [6.07, 6.45) is 0. The number of anilines is 1. The second-order valence-corrected chi connectivity index (χ2v) is 6.90. The molecule has 0 aliphatic carbocycles. The van der Waals surface area contributed by atoms with Crippen molar-refractivity contribution in [1.82, 2.24) is 25.2 Å². The van der Waals surface area contributed by atoms with Crippen LogP contribution in [0.2, 0.25) is 0 Å². The number of aryl methyl sites for hydroxylation is 2. The summed E-state index contributed by atoms with van der Waals surface area (Å²) in [5.74, 6) is 0.413. The van der Waals surface area contributed by atoms with E-state index in [9.17, 15) is 4.79 Å². The molecular weight excluding hydrogens is 360 g/mol. The van der Waals surface area contributed by atoms with E-state index in [2.05, 4.69) is 25.8 Å². The highest BCUT2D eigenvalue weighted by molar-refractivity contribution is 7.13. The van der Waals surface area contributed by atoms with Crippen LogP contribution < -0.4 is 5.32 Å². The van der Waals surface area contributed by atoms with Gasteiger partial charge in [0.2, 0.25) is 0 Å². The van der Waals surface area contributed by atoms with E-state index in [0.717, 1.165) is 16.3 Å². The number of aromatic nitrogens is 5. The van der Waals surface area contributed by atoms with Crippen molar-refractivity contribution in [1.29, 1.82) is 0 Å². The molecule has 27 heavy (non-hydrogen) atoms. The summed E-state index contributed by atoms with van der Waals surface area (Å²) < 4.78 is 1.61. The van der Waals surface area contributed by atoms with Crippen LogP contribution in [-0.2, 0) is 0 Å². The normalized spacial score (nSPS) is 10.7. The molecule has 0 atom stereocenters. The summed E-state index contributed by atoms with van der Waals surface area (Å²) >= 11 is 1.45. The maximum Gasteiger partial charge on any atom is 0.275 e. The van der Waals surface area contributed by atoms with Crippen LogP contribution in [0.4, 0.5) is 5.69 Å². The van der Waals surface area contributed by atoms with Crippen LogP contribution in [0.15, 0.2) is 53.9 Å². The first kappa shape index (κ1) is 17.0. The highest BCUT2D eigenvalue weighted by Gasteiger charge is 2.13. The van der Waals surface area contributed by atoms with Gasteiger partial charge in [-0.25, -0.2) is 4.98 Å². The largest absolute Gasteiger partial charge is 0.321 e. The van der Waals surface area contributed by atoms with Gasteiger partial charge in [0.05, 0.1) is 5.69 Å². The molecule has 1 amide bonds. The number of thiazole rings is 1. The minimum absolute atomic E-state index is 0.254. The first-order chi connectivity index (χ1) is 13.1. The lowest BCUT2D eigenvalue weighted by molar-refractivity contribution is 0.102. The predicted octanol–water partition coefficient (Wildman–Crippen LogP) is 3.65. The number of amides is 1. The lowest BCUT2D eigenvalue weighted by Gasteiger charge is -2.06. The standard InChI is InChI=1S/C19H16N6OS/c1-12-6-8-14(9-7-12)19-21-17(11-27-19)18(26)20-15-4-3-5-16(10-15)25-13(2)22-23-24-25/h3-11H,1-2H3,(H,20,26). The topological polar surface area (TPSA) is 85.6 Å². The van der Waals surface area contributed by atoms with Crippen molar-refractivity contribution in [2.75, 3.05) is 5.32 Å². The molecule has 0 saturated heterocycles. The fourth-order valence-electron chi connectivity index (χ4n) is 2.59. The van der Waals surface area contributed by atoms with Gasteiger partial charge in [-0.3, -0.25) is 4.79 Å². The van der Waals surface area contributed by atoms with Crippen LogP contribution in [-0.4, -0.2) is 31.1 Å². The van der Waals surface area contributed by atoms with Crippen molar-refractivity contribution >= 4 is 22.9 Å². The van der Waals surface area contributed by atoms with E-state index in [1.54, 1.807) is 10.1 Å². The molecule has 0 aliphatic heterocycles. The van der Waals surface area contributed by atoms with E-state index in [-0.39, 0.29) is 5.91 Å². The van der Waals surface area contributed by atoms with Crippen molar-refractivity contribution in [2.24, 2.45) is 0 Å².